The van der Waals surface area contributed by atoms with Crippen LogP contribution < -0.4 is 0 Å². The van der Waals surface area contributed by atoms with Crippen LogP contribution in [0.4, 0.5) is 0 Å². The van der Waals surface area contributed by atoms with Crippen LogP contribution in [0.3, 0.4) is 0 Å². The maximum atomic E-state index is 11.3. The zero-order chi connectivity index (χ0) is 12.3. The summed E-state index contributed by atoms with van der Waals surface area (Å²) >= 11 is 0. The Kier molecular flexibility index (Phi) is 6.49. The van der Waals surface area contributed by atoms with E-state index in [2.05, 4.69) is 13.0 Å². The Morgan fingerprint density at radius 2 is 2.00 bits per heavy atom. The van der Waals surface area contributed by atoms with Gasteiger partial charge in [0.15, 0.2) is 0 Å². The van der Waals surface area contributed by atoms with Gasteiger partial charge in [-0.15, -0.1) is 0 Å². The molecule has 0 unspecified atom stereocenters. The summed E-state index contributed by atoms with van der Waals surface area (Å²) in [6.07, 6.45) is 9.09. The van der Waals surface area contributed by atoms with Gasteiger partial charge in [0, 0.05) is 6.08 Å². The second kappa shape index (κ2) is 8.34. The average molecular weight is 230 g/mol. The van der Waals surface area contributed by atoms with E-state index in [-0.39, 0.29) is 5.97 Å². The molecule has 0 saturated heterocycles. The maximum absolute atomic E-state index is 11.3. The monoisotopic (exact) mass is 230 g/mol. The average Bonchev–Trinajstić information content (AvgIpc) is 2.37. The summed E-state index contributed by atoms with van der Waals surface area (Å²) in [7, 11) is 0. The fourth-order valence-electron chi connectivity index (χ4n) is 1.29. The normalized spacial score (nSPS) is 11.1. The first-order valence-corrected chi connectivity index (χ1v) is 5.88. The SMILES string of the molecule is CCC=CCCOC(=O)C=Cc1ccccc1. The number of esters is 1. The third-order valence-electron chi connectivity index (χ3n) is 2.14. The van der Waals surface area contributed by atoms with E-state index in [0.717, 1.165) is 18.4 Å². The zero-order valence-corrected chi connectivity index (χ0v) is 10.1. The van der Waals surface area contributed by atoms with Crippen LogP contribution in [-0.4, -0.2) is 12.6 Å². The topological polar surface area (TPSA) is 26.3 Å². The highest BCUT2D eigenvalue weighted by atomic mass is 16.5. The minimum atomic E-state index is -0.293. The van der Waals surface area contributed by atoms with Crippen molar-refractivity contribution in [3.8, 4) is 0 Å². The van der Waals surface area contributed by atoms with Crippen molar-refractivity contribution in [2.24, 2.45) is 0 Å². The fraction of sp³-hybridized carbons (Fsp3) is 0.267. The second-order valence-electron chi connectivity index (χ2n) is 3.58. The van der Waals surface area contributed by atoms with E-state index in [4.69, 9.17) is 4.74 Å². The highest BCUT2D eigenvalue weighted by molar-refractivity contribution is 5.86. The molecule has 0 heterocycles. The lowest BCUT2D eigenvalue weighted by molar-refractivity contribution is -0.137. The Balaban J connectivity index is 2.25. The molecule has 0 aliphatic carbocycles. The molecule has 2 heteroatoms. The number of hydrogen-bond donors (Lipinski definition) is 0. The molecule has 17 heavy (non-hydrogen) atoms. The van der Waals surface area contributed by atoms with Crippen molar-refractivity contribution in [1.82, 2.24) is 0 Å². The molecule has 0 aromatic heterocycles. The molecule has 0 amide bonds. The lowest BCUT2D eigenvalue weighted by Crippen LogP contribution is -2.01. The van der Waals surface area contributed by atoms with Gasteiger partial charge in [-0.2, -0.15) is 0 Å². The maximum Gasteiger partial charge on any atom is 0.330 e. The molecule has 0 aliphatic rings. The smallest absolute Gasteiger partial charge is 0.330 e. The summed E-state index contributed by atoms with van der Waals surface area (Å²) in [5, 5.41) is 0. The summed E-state index contributed by atoms with van der Waals surface area (Å²) in [5.74, 6) is -0.293. The van der Waals surface area contributed by atoms with Gasteiger partial charge in [0.25, 0.3) is 0 Å². The Labute approximate surface area is 103 Å². The van der Waals surface area contributed by atoms with E-state index < -0.39 is 0 Å². The number of rotatable bonds is 6. The molecule has 0 spiro atoms. The summed E-state index contributed by atoms with van der Waals surface area (Å²) in [4.78, 5) is 11.3. The van der Waals surface area contributed by atoms with E-state index in [1.54, 1.807) is 6.08 Å². The fourth-order valence-corrected chi connectivity index (χ4v) is 1.29. The van der Waals surface area contributed by atoms with Gasteiger partial charge in [-0.25, -0.2) is 4.79 Å². The van der Waals surface area contributed by atoms with Gasteiger partial charge in [0.1, 0.15) is 0 Å². The van der Waals surface area contributed by atoms with E-state index >= 15 is 0 Å². The first kappa shape index (κ1) is 13.2. The molecule has 0 aliphatic heterocycles. The molecule has 90 valence electrons. The van der Waals surface area contributed by atoms with Gasteiger partial charge in [-0.05, 0) is 24.5 Å². The number of carbonyl (C=O) groups excluding carboxylic acids is 1. The molecule has 2 nitrogen and oxygen atoms in total. The Morgan fingerprint density at radius 1 is 1.24 bits per heavy atom. The van der Waals surface area contributed by atoms with E-state index in [0.29, 0.717) is 6.61 Å². The standard InChI is InChI=1S/C15H18O2/c1-2-3-4-8-13-17-15(16)12-11-14-9-6-5-7-10-14/h3-7,9-12H,2,8,13H2,1H3. The molecule has 0 fully saturated rings. The van der Waals surface area contributed by atoms with Gasteiger partial charge in [0.2, 0.25) is 0 Å². The Morgan fingerprint density at radius 3 is 2.71 bits per heavy atom. The second-order valence-corrected chi connectivity index (χ2v) is 3.58. The third kappa shape index (κ3) is 6.36. The highest BCUT2D eigenvalue weighted by Gasteiger charge is 1.94. The lowest BCUT2D eigenvalue weighted by atomic mass is 10.2. The van der Waals surface area contributed by atoms with Crippen LogP contribution in [-0.2, 0) is 9.53 Å². The molecule has 0 atom stereocenters. The van der Waals surface area contributed by atoms with Crippen molar-refractivity contribution < 1.29 is 9.53 Å². The predicted molar refractivity (Wildman–Crippen MR) is 70.5 cm³/mol. The van der Waals surface area contributed by atoms with Crippen LogP contribution in [0.15, 0.2) is 48.6 Å². The summed E-state index contributed by atoms with van der Waals surface area (Å²) in [6.45, 7) is 2.51. The van der Waals surface area contributed by atoms with E-state index in [1.165, 1.54) is 6.08 Å². The number of hydrogen-bond acceptors (Lipinski definition) is 2. The summed E-state index contributed by atoms with van der Waals surface area (Å²) < 4.78 is 5.03. The van der Waals surface area contributed by atoms with Crippen molar-refractivity contribution in [2.75, 3.05) is 6.61 Å². The van der Waals surface area contributed by atoms with Crippen molar-refractivity contribution >= 4 is 12.0 Å². The number of benzene rings is 1. The van der Waals surface area contributed by atoms with Gasteiger partial charge in [0.05, 0.1) is 6.61 Å². The van der Waals surface area contributed by atoms with Crippen LogP contribution in [0, 0.1) is 0 Å². The number of ether oxygens (including phenoxy) is 1. The molecule has 0 bridgehead atoms. The van der Waals surface area contributed by atoms with Crippen molar-refractivity contribution in [2.45, 2.75) is 19.8 Å². The Bertz CT molecular complexity index is 377. The van der Waals surface area contributed by atoms with Crippen LogP contribution in [0.25, 0.3) is 6.08 Å². The minimum Gasteiger partial charge on any atom is -0.462 e. The van der Waals surface area contributed by atoms with Crippen molar-refractivity contribution in [1.29, 1.82) is 0 Å². The van der Waals surface area contributed by atoms with E-state index in [1.807, 2.05) is 36.4 Å². The van der Waals surface area contributed by atoms with Gasteiger partial charge in [-0.3, -0.25) is 0 Å². The van der Waals surface area contributed by atoms with Crippen molar-refractivity contribution in [3.05, 3.63) is 54.1 Å². The first-order chi connectivity index (χ1) is 8.33. The number of carbonyl (C=O) groups is 1. The molecule has 0 saturated carbocycles. The third-order valence-corrected chi connectivity index (χ3v) is 2.14. The van der Waals surface area contributed by atoms with Gasteiger partial charge < -0.3 is 4.74 Å². The van der Waals surface area contributed by atoms with E-state index in [9.17, 15) is 4.79 Å². The van der Waals surface area contributed by atoms with Gasteiger partial charge in [-0.1, -0.05) is 49.4 Å². The predicted octanol–water partition coefficient (Wildman–Crippen LogP) is 3.60. The first-order valence-electron chi connectivity index (χ1n) is 5.88. The quantitative estimate of drug-likeness (QED) is 0.323. The molecular formula is C15H18O2. The molecule has 0 N–H and O–H groups in total. The van der Waals surface area contributed by atoms with Crippen LogP contribution in [0.2, 0.25) is 0 Å². The van der Waals surface area contributed by atoms with Crippen molar-refractivity contribution in [3.63, 3.8) is 0 Å². The summed E-state index contributed by atoms with van der Waals surface area (Å²) in [6, 6.07) is 9.68. The van der Waals surface area contributed by atoms with Crippen LogP contribution in [0.1, 0.15) is 25.3 Å². The molecule has 0 radical (unpaired) electrons. The Hall–Kier alpha value is -1.83. The largest absolute Gasteiger partial charge is 0.462 e. The molecule has 1 rings (SSSR count). The highest BCUT2D eigenvalue weighted by Crippen LogP contribution is 2.01. The van der Waals surface area contributed by atoms with Crippen LogP contribution >= 0.6 is 0 Å². The lowest BCUT2D eigenvalue weighted by Gasteiger charge is -1.98. The zero-order valence-electron chi connectivity index (χ0n) is 10.1. The molecule has 1 aromatic carbocycles. The van der Waals surface area contributed by atoms with Crippen LogP contribution in [0.5, 0.6) is 0 Å². The van der Waals surface area contributed by atoms with Gasteiger partial charge >= 0.3 is 5.97 Å². The molecule has 1 aromatic rings. The minimum absolute atomic E-state index is 0.293. The molecular weight excluding hydrogens is 212 g/mol. The number of allylic oxidation sites excluding steroid dienone is 1. The summed E-state index contributed by atoms with van der Waals surface area (Å²) in [5.41, 5.74) is 0.996.